The molecule has 1 atom stereocenters. The lowest BCUT2D eigenvalue weighted by molar-refractivity contribution is -0.139. The molecule has 10 nitrogen and oxygen atoms in total. The van der Waals surface area contributed by atoms with Crippen LogP contribution in [0.5, 0.6) is 11.5 Å². The van der Waals surface area contributed by atoms with Gasteiger partial charge in [0.25, 0.3) is 11.5 Å². The fraction of sp³-hybridized carbons (Fsp3) is 0.300. The van der Waals surface area contributed by atoms with Gasteiger partial charge in [0.15, 0.2) is 16.3 Å². The zero-order valence-corrected chi connectivity index (χ0v) is 24.2. The van der Waals surface area contributed by atoms with Crippen LogP contribution < -0.4 is 29.3 Å². The van der Waals surface area contributed by atoms with Crippen LogP contribution in [-0.2, 0) is 19.1 Å². The Bertz CT molecular complexity index is 1800. The summed E-state index contributed by atoms with van der Waals surface area (Å²) in [5.74, 6) is -0.941. The van der Waals surface area contributed by atoms with E-state index in [1.807, 2.05) is 31.2 Å². The van der Waals surface area contributed by atoms with E-state index in [2.05, 4.69) is 4.99 Å². The number of aromatic nitrogens is 1. The number of benzene rings is 2. The first-order valence-electron chi connectivity index (χ1n) is 13.2. The first kappa shape index (κ1) is 28.0. The SMILES string of the molecule is CCCN1C(=O)C(=c2sc3n(c2=O)[C@@H](c2ccc(OC(C)=O)c(OC)c2)C(C(=O)OCC)=C(C)N=3)c2ccccc21. The van der Waals surface area contributed by atoms with Gasteiger partial charge < -0.3 is 19.1 Å². The number of esters is 2. The van der Waals surface area contributed by atoms with Crippen molar-refractivity contribution >= 4 is 40.4 Å². The smallest absolute Gasteiger partial charge is 0.338 e. The van der Waals surface area contributed by atoms with Gasteiger partial charge in [-0.3, -0.25) is 19.0 Å². The van der Waals surface area contributed by atoms with E-state index in [1.54, 1.807) is 36.9 Å². The van der Waals surface area contributed by atoms with Crippen molar-refractivity contribution in [2.45, 2.75) is 40.2 Å². The van der Waals surface area contributed by atoms with Gasteiger partial charge in [0.05, 0.1) is 42.3 Å². The lowest BCUT2D eigenvalue weighted by Gasteiger charge is -2.25. The average Bonchev–Trinajstić information content (AvgIpc) is 3.40. The molecule has 41 heavy (non-hydrogen) atoms. The molecule has 3 heterocycles. The largest absolute Gasteiger partial charge is 0.493 e. The van der Waals surface area contributed by atoms with Gasteiger partial charge in [-0.2, -0.15) is 0 Å². The van der Waals surface area contributed by atoms with Gasteiger partial charge >= 0.3 is 11.9 Å². The number of carbonyl (C=O) groups excluding carboxylic acids is 3. The molecule has 0 saturated heterocycles. The highest BCUT2D eigenvalue weighted by molar-refractivity contribution is 7.07. The van der Waals surface area contributed by atoms with Crippen LogP contribution >= 0.6 is 11.3 Å². The Hall–Kier alpha value is -4.51. The molecule has 0 saturated carbocycles. The first-order valence-corrected chi connectivity index (χ1v) is 14.0. The normalized spacial score (nSPS) is 17.1. The topological polar surface area (TPSA) is 117 Å². The van der Waals surface area contributed by atoms with Crippen LogP contribution in [0.2, 0.25) is 0 Å². The Morgan fingerprint density at radius 2 is 1.83 bits per heavy atom. The number of methoxy groups -OCH3 is 1. The Morgan fingerprint density at radius 3 is 2.51 bits per heavy atom. The van der Waals surface area contributed by atoms with Gasteiger partial charge in [-0.1, -0.05) is 42.5 Å². The lowest BCUT2D eigenvalue weighted by Crippen LogP contribution is -2.41. The van der Waals surface area contributed by atoms with Crippen LogP contribution in [0.15, 0.2) is 63.5 Å². The molecular weight excluding hydrogens is 546 g/mol. The maximum Gasteiger partial charge on any atom is 0.338 e. The second-order valence-corrected chi connectivity index (χ2v) is 10.5. The van der Waals surface area contributed by atoms with Gasteiger partial charge in [0, 0.05) is 19.0 Å². The van der Waals surface area contributed by atoms with Crippen LogP contribution in [0.4, 0.5) is 5.69 Å². The number of hydrogen-bond donors (Lipinski definition) is 0. The minimum Gasteiger partial charge on any atom is -0.493 e. The van der Waals surface area contributed by atoms with E-state index in [0.29, 0.717) is 33.7 Å². The number of fused-ring (bicyclic) bond motifs is 2. The third-order valence-electron chi connectivity index (χ3n) is 6.85. The third kappa shape index (κ3) is 4.76. The van der Waals surface area contributed by atoms with E-state index in [4.69, 9.17) is 14.2 Å². The maximum atomic E-state index is 14.3. The molecule has 0 unspecified atom stereocenters. The van der Waals surface area contributed by atoms with Gasteiger partial charge in [0.1, 0.15) is 4.53 Å². The van der Waals surface area contributed by atoms with Crippen molar-refractivity contribution in [3.63, 3.8) is 0 Å². The molecule has 3 aromatic rings. The molecule has 0 radical (unpaired) electrons. The number of amides is 1. The molecular formula is C30H29N3O7S. The molecule has 0 bridgehead atoms. The number of anilines is 1. The van der Waals surface area contributed by atoms with Crippen molar-refractivity contribution in [3.8, 4) is 11.5 Å². The summed E-state index contributed by atoms with van der Waals surface area (Å²) in [6, 6.07) is 11.3. The number of ether oxygens (including phenoxy) is 3. The number of thiazole rings is 1. The van der Waals surface area contributed by atoms with E-state index < -0.39 is 23.5 Å². The maximum absolute atomic E-state index is 14.3. The van der Waals surface area contributed by atoms with Crippen LogP contribution in [-0.4, -0.2) is 42.7 Å². The Kier molecular flexibility index (Phi) is 7.63. The van der Waals surface area contributed by atoms with Crippen molar-refractivity contribution in [1.29, 1.82) is 0 Å². The summed E-state index contributed by atoms with van der Waals surface area (Å²) in [6.45, 7) is 7.29. The Labute approximate surface area is 239 Å². The van der Waals surface area contributed by atoms with E-state index >= 15 is 0 Å². The molecule has 2 aromatic carbocycles. The number of allylic oxidation sites excluding steroid dienone is 1. The minimum absolute atomic E-state index is 0.129. The molecule has 0 N–H and O–H groups in total. The molecule has 212 valence electrons. The van der Waals surface area contributed by atoms with Gasteiger partial charge in [0.2, 0.25) is 0 Å². The van der Waals surface area contributed by atoms with Crippen molar-refractivity contribution in [3.05, 3.63) is 84.5 Å². The Morgan fingerprint density at radius 1 is 1.07 bits per heavy atom. The fourth-order valence-electron chi connectivity index (χ4n) is 5.20. The summed E-state index contributed by atoms with van der Waals surface area (Å²) in [4.78, 5) is 59.4. The third-order valence-corrected chi connectivity index (χ3v) is 7.90. The number of nitrogens with zero attached hydrogens (tertiary/aromatic N) is 3. The van der Waals surface area contributed by atoms with Crippen LogP contribution in [0.3, 0.4) is 0 Å². The van der Waals surface area contributed by atoms with E-state index in [1.165, 1.54) is 18.6 Å². The van der Waals surface area contributed by atoms with Gasteiger partial charge in [-0.15, -0.1) is 0 Å². The quantitative estimate of drug-likeness (QED) is 0.314. The van der Waals surface area contributed by atoms with Crippen molar-refractivity contribution in [2.75, 3.05) is 25.2 Å². The van der Waals surface area contributed by atoms with E-state index in [9.17, 15) is 19.2 Å². The van der Waals surface area contributed by atoms with Gasteiger partial charge in [-0.05, 0) is 44.0 Å². The van der Waals surface area contributed by atoms with Crippen LogP contribution in [0, 0.1) is 0 Å². The first-order chi connectivity index (χ1) is 19.7. The predicted molar refractivity (Wildman–Crippen MR) is 153 cm³/mol. The zero-order chi connectivity index (χ0) is 29.4. The number of rotatable bonds is 7. The molecule has 1 aromatic heterocycles. The van der Waals surface area contributed by atoms with Crippen molar-refractivity contribution in [2.24, 2.45) is 4.99 Å². The molecule has 2 aliphatic heterocycles. The number of carbonyl (C=O) groups is 3. The van der Waals surface area contributed by atoms with Crippen molar-refractivity contribution < 1.29 is 28.6 Å². The molecule has 11 heteroatoms. The molecule has 0 aliphatic carbocycles. The minimum atomic E-state index is -0.932. The molecule has 5 rings (SSSR count). The average molecular weight is 576 g/mol. The highest BCUT2D eigenvalue weighted by Crippen LogP contribution is 2.37. The second kappa shape index (κ2) is 11.2. The summed E-state index contributed by atoms with van der Waals surface area (Å²) in [6.07, 6.45) is 0.752. The Balaban J connectivity index is 1.79. The zero-order valence-electron chi connectivity index (χ0n) is 23.3. The summed E-state index contributed by atoms with van der Waals surface area (Å²) in [7, 11) is 1.43. The second-order valence-electron chi connectivity index (χ2n) is 9.48. The van der Waals surface area contributed by atoms with Gasteiger partial charge in [-0.25, -0.2) is 9.79 Å². The van der Waals surface area contributed by atoms with E-state index in [-0.39, 0.29) is 34.1 Å². The lowest BCUT2D eigenvalue weighted by atomic mass is 9.95. The van der Waals surface area contributed by atoms with Crippen LogP contribution in [0.1, 0.15) is 51.3 Å². The fourth-order valence-corrected chi connectivity index (χ4v) is 6.33. The highest BCUT2D eigenvalue weighted by Gasteiger charge is 2.37. The summed E-state index contributed by atoms with van der Waals surface area (Å²) in [5, 5.41) is 0. The van der Waals surface area contributed by atoms with E-state index in [0.717, 1.165) is 23.4 Å². The predicted octanol–water partition coefficient (Wildman–Crippen LogP) is 2.86. The molecule has 0 spiro atoms. The number of hydrogen-bond acceptors (Lipinski definition) is 9. The summed E-state index contributed by atoms with van der Waals surface area (Å²) >= 11 is 1.11. The summed E-state index contributed by atoms with van der Waals surface area (Å²) in [5.41, 5.74) is 2.39. The molecule has 1 amide bonds. The van der Waals surface area contributed by atoms with Crippen molar-refractivity contribution in [1.82, 2.24) is 4.57 Å². The standard InChI is InChI=1S/C30H29N3O7S/c1-6-14-32-20-11-9-8-10-19(20)24(27(32)35)26-28(36)33-25(18-12-13-21(40-17(4)34)22(15-18)38-5)23(29(37)39-7-2)16(3)31-30(33)41-26/h8-13,15,25H,6-7,14H2,1-5H3/t25-/m0/s1. The monoisotopic (exact) mass is 575 g/mol. The summed E-state index contributed by atoms with van der Waals surface area (Å²) < 4.78 is 17.8. The highest BCUT2D eigenvalue weighted by atomic mass is 32.1. The van der Waals surface area contributed by atoms with Crippen LogP contribution in [0.25, 0.3) is 5.57 Å². The molecule has 2 aliphatic rings. The molecule has 0 fully saturated rings. The number of para-hydroxylation sites is 1.